The number of aliphatic hydroxyl groups excluding tert-OH is 4. The first-order chi connectivity index (χ1) is 24.7. The Morgan fingerprint density at radius 1 is 0.642 bits per heavy atom. The second-order valence-electron chi connectivity index (χ2n) is 10.9. The zero-order chi connectivity index (χ0) is 38.7. The number of rotatable bonds is 14. The molecular formula is C20H25N10O19P4-3. The van der Waals surface area contributed by atoms with Crippen LogP contribution in [0.3, 0.4) is 0 Å². The fourth-order valence-electron chi connectivity index (χ4n) is 5.09. The monoisotopic (exact) mass is 833 g/mol. The largest absolute Gasteiger partial charge is 0.756 e. The van der Waals surface area contributed by atoms with Crippen LogP contribution in [-0.4, -0.2) is 114 Å². The van der Waals surface area contributed by atoms with Gasteiger partial charge in [0, 0.05) is 0 Å². The van der Waals surface area contributed by atoms with Gasteiger partial charge in [-0.2, -0.15) is 0 Å². The van der Waals surface area contributed by atoms with Crippen LogP contribution in [0.25, 0.3) is 22.3 Å². The van der Waals surface area contributed by atoms with Gasteiger partial charge in [-0.1, -0.05) is 0 Å². The Balaban J connectivity index is 1.01. The summed E-state index contributed by atoms with van der Waals surface area (Å²) in [6, 6.07) is 0. The lowest BCUT2D eigenvalue weighted by Crippen LogP contribution is -2.34. The molecule has 6 heterocycles. The highest BCUT2D eigenvalue weighted by Gasteiger charge is 2.47. The van der Waals surface area contributed by atoms with E-state index in [4.69, 9.17) is 20.9 Å². The van der Waals surface area contributed by atoms with E-state index in [0.29, 0.717) is 0 Å². The molecule has 0 aliphatic carbocycles. The number of phosphoric acid groups is 4. The maximum absolute atomic E-state index is 12.3. The summed E-state index contributed by atoms with van der Waals surface area (Å²) in [6.07, 6.45) is -8.99. The summed E-state index contributed by atoms with van der Waals surface area (Å²) in [6.45, 7) is -2.38. The number of ether oxygens (including phenoxy) is 2. The molecule has 4 aromatic heterocycles. The zero-order valence-corrected chi connectivity index (χ0v) is 29.4. The third-order valence-electron chi connectivity index (χ3n) is 7.40. The third kappa shape index (κ3) is 8.48. The lowest BCUT2D eigenvalue weighted by atomic mass is 10.1. The molecular weight excluding hydrogens is 808 g/mol. The van der Waals surface area contributed by atoms with Crippen molar-refractivity contribution in [3.8, 4) is 0 Å². The van der Waals surface area contributed by atoms with Gasteiger partial charge < -0.3 is 65.5 Å². The molecule has 2 aliphatic heterocycles. The van der Waals surface area contributed by atoms with Gasteiger partial charge in [-0.3, -0.25) is 27.4 Å². The van der Waals surface area contributed by atoms with Gasteiger partial charge in [0.15, 0.2) is 35.4 Å². The summed E-state index contributed by atoms with van der Waals surface area (Å²) in [5, 5.41) is 41.7. The first-order valence-electron chi connectivity index (χ1n) is 14.3. The van der Waals surface area contributed by atoms with Gasteiger partial charge in [0.1, 0.15) is 60.3 Å². The van der Waals surface area contributed by atoms with Crippen LogP contribution in [0.15, 0.2) is 25.3 Å². The van der Waals surface area contributed by atoms with Crippen molar-refractivity contribution in [2.75, 3.05) is 24.7 Å². The van der Waals surface area contributed by atoms with E-state index >= 15 is 0 Å². The van der Waals surface area contributed by atoms with Gasteiger partial charge in [-0.25, -0.2) is 47.4 Å². The smallest absolute Gasteiger partial charge is 0.478 e. The lowest BCUT2D eigenvalue weighted by molar-refractivity contribution is -0.249. The van der Waals surface area contributed by atoms with Gasteiger partial charge in [0.25, 0.3) is 23.5 Å². The molecule has 4 aromatic rings. The van der Waals surface area contributed by atoms with Gasteiger partial charge in [0.2, 0.25) is 0 Å². The number of aliphatic hydroxyl groups is 4. The summed E-state index contributed by atoms with van der Waals surface area (Å²) < 4.78 is 81.8. The molecule has 0 amide bonds. The van der Waals surface area contributed by atoms with E-state index in [2.05, 4.69) is 51.9 Å². The average molecular weight is 833 g/mol. The summed E-state index contributed by atoms with van der Waals surface area (Å²) in [5.74, 6) is -0.0609. The molecule has 4 unspecified atom stereocenters. The van der Waals surface area contributed by atoms with Crippen LogP contribution in [0, 0.1) is 0 Å². The molecule has 0 radical (unpaired) electrons. The maximum atomic E-state index is 12.3. The van der Waals surface area contributed by atoms with Crippen LogP contribution in [0.5, 0.6) is 0 Å². The second kappa shape index (κ2) is 14.6. The molecule has 2 aliphatic rings. The summed E-state index contributed by atoms with van der Waals surface area (Å²) in [5.41, 5.74) is 11.7. The van der Waals surface area contributed by atoms with Crippen molar-refractivity contribution >= 4 is 65.3 Å². The van der Waals surface area contributed by atoms with Crippen molar-refractivity contribution in [2.24, 2.45) is 0 Å². The molecule has 0 aromatic carbocycles. The minimum absolute atomic E-state index is 0.0280. The molecule has 0 spiro atoms. The van der Waals surface area contributed by atoms with Crippen molar-refractivity contribution in [1.29, 1.82) is 0 Å². The fourth-order valence-corrected chi connectivity index (χ4v) is 9.87. The van der Waals surface area contributed by atoms with Crippen LogP contribution in [0.4, 0.5) is 11.6 Å². The van der Waals surface area contributed by atoms with E-state index in [1.807, 2.05) is 0 Å². The van der Waals surface area contributed by atoms with Crippen LogP contribution in [-0.2, 0) is 49.7 Å². The number of fused-ring (bicyclic) bond motifs is 2. The highest BCUT2D eigenvalue weighted by atomic mass is 31.3. The normalized spacial score (nSPS) is 30.9. The highest BCUT2D eigenvalue weighted by molar-refractivity contribution is 7.68. The summed E-state index contributed by atoms with van der Waals surface area (Å²) >= 11 is 0. The van der Waals surface area contributed by atoms with Crippen molar-refractivity contribution < 1.29 is 89.7 Å². The quantitative estimate of drug-likeness (QED) is 0.0590. The number of nitrogen functional groups attached to an aromatic ring is 2. The molecule has 9 N–H and O–H groups in total. The van der Waals surface area contributed by atoms with E-state index in [-0.39, 0.29) is 34.0 Å². The van der Waals surface area contributed by atoms with Crippen molar-refractivity contribution in [3.05, 3.63) is 25.3 Å². The molecule has 12 atom stereocenters. The lowest BCUT2D eigenvalue weighted by Gasteiger charge is -2.34. The number of hydrogen-bond donors (Lipinski definition) is 7. The van der Waals surface area contributed by atoms with Crippen LogP contribution >= 0.6 is 31.3 Å². The number of imidazole rings is 2. The van der Waals surface area contributed by atoms with Gasteiger partial charge in [0.05, 0.1) is 25.9 Å². The summed E-state index contributed by atoms with van der Waals surface area (Å²) in [4.78, 5) is 69.7. The van der Waals surface area contributed by atoms with Crippen LogP contribution in [0.2, 0.25) is 0 Å². The molecule has 2 saturated heterocycles. The van der Waals surface area contributed by atoms with Crippen LogP contribution in [0.1, 0.15) is 12.5 Å². The van der Waals surface area contributed by atoms with Crippen molar-refractivity contribution in [3.63, 3.8) is 0 Å². The van der Waals surface area contributed by atoms with E-state index in [0.717, 1.165) is 34.4 Å². The molecule has 53 heavy (non-hydrogen) atoms. The topological polar surface area (TPSA) is 442 Å². The molecule has 0 saturated carbocycles. The third-order valence-corrected chi connectivity index (χ3v) is 13.2. The van der Waals surface area contributed by atoms with Gasteiger partial charge in [-0.15, -0.1) is 0 Å². The number of anilines is 2. The molecule has 29 nitrogen and oxygen atoms in total. The first-order valence-corrected chi connectivity index (χ1v) is 20.1. The number of aromatic nitrogens is 8. The Hall–Kier alpha value is -2.98. The SMILES string of the molecule is Nc1ncnc2c1ncn2[C@@H]1O[C@H](COP(=O)([O-])OP(=O)([O-])OP(=O)([O-])OP(=O)(O)OC[C@@H]2O[C@H](n3cnc4c(N)ncnc43)[C@@H](O)[C@H]2O)[C@@H](O)[C@H]1O. The Morgan fingerprint density at radius 3 is 1.53 bits per heavy atom. The number of hydrogen-bond acceptors (Lipinski definition) is 26. The Bertz CT molecular complexity index is 2040. The van der Waals surface area contributed by atoms with Gasteiger partial charge in [-0.05, 0) is 0 Å². The number of nitrogens with two attached hydrogens (primary N) is 2. The molecule has 292 valence electrons. The Kier molecular flexibility index (Phi) is 10.9. The minimum Gasteiger partial charge on any atom is -0.756 e. The summed E-state index contributed by atoms with van der Waals surface area (Å²) in [7, 11) is -25.1. The maximum Gasteiger partial charge on any atom is 0.478 e. The minimum atomic E-state index is -6.57. The molecule has 33 heteroatoms. The van der Waals surface area contributed by atoms with E-state index in [1.165, 1.54) is 0 Å². The standard InChI is InChI=1S/C20H28N10O19P4/c21-15-9-17(25-3-23-15)29(5-27-9)19-13(33)11(31)7(45-19)1-43-50(35,36)47-52(39,40)49-53(41,42)48-51(37,38)44-2-8-12(32)14(34)20(46-8)30-6-28-10-16(22)24-4-26-18(10)30/h3-8,11-14,19-20,31-34H,1-2H2,(H,35,36)(H,37,38)(H,39,40)(H,41,42)(H2,21,23,25)(H2,22,24,26)/p-3/t7-,8+,11-,12+,13-,14+,19-,20+. The van der Waals surface area contributed by atoms with Crippen molar-refractivity contribution in [2.45, 2.75) is 49.1 Å². The number of phosphoric ester groups is 2. The fraction of sp³-hybridized carbons (Fsp3) is 0.500. The van der Waals surface area contributed by atoms with E-state index in [9.17, 15) is 58.3 Å². The number of nitrogens with zero attached hydrogens (tertiary/aromatic N) is 8. The Morgan fingerprint density at radius 2 is 1.06 bits per heavy atom. The molecule has 2 fully saturated rings. The van der Waals surface area contributed by atoms with Crippen molar-refractivity contribution in [1.82, 2.24) is 39.0 Å². The zero-order valence-electron chi connectivity index (χ0n) is 25.8. The second-order valence-corrected chi connectivity index (χ2v) is 17.0. The van der Waals surface area contributed by atoms with Crippen LogP contribution < -0.4 is 26.1 Å². The highest BCUT2D eigenvalue weighted by Crippen LogP contribution is 2.67. The van der Waals surface area contributed by atoms with E-state index in [1.54, 1.807) is 0 Å². The predicted octanol–water partition coefficient (Wildman–Crippen LogP) is -4.34. The first kappa shape index (κ1) is 39.7. The Labute approximate surface area is 293 Å². The average Bonchev–Trinajstić information content (AvgIpc) is 3.80. The van der Waals surface area contributed by atoms with Gasteiger partial charge >= 0.3 is 7.82 Å². The van der Waals surface area contributed by atoms with E-state index < -0.39 is 93.6 Å². The molecule has 0 bridgehead atoms. The molecule has 6 rings (SSSR count). The predicted molar refractivity (Wildman–Crippen MR) is 159 cm³/mol.